The molecule has 0 aliphatic carbocycles. The van der Waals surface area contributed by atoms with Crippen LogP contribution in [0.5, 0.6) is 0 Å². The Balaban J connectivity index is 0.848. The fourth-order valence-electron chi connectivity index (χ4n) is 13.2. The van der Waals surface area contributed by atoms with Crippen molar-refractivity contribution >= 4 is 65.6 Å². The smallest absolute Gasteiger partial charge is 0.135 e. The van der Waals surface area contributed by atoms with E-state index in [9.17, 15) is 0 Å². The van der Waals surface area contributed by atoms with Crippen LogP contribution in [0.4, 0.5) is 0 Å². The average molecular weight is 1110 g/mol. The lowest BCUT2D eigenvalue weighted by atomic mass is 9.94. The van der Waals surface area contributed by atoms with Crippen molar-refractivity contribution in [3.63, 3.8) is 0 Å². The van der Waals surface area contributed by atoms with Gasteiger partial charge in [-0.15, -0.1) is 0 Å². The number of aromatic nitrogens is 6. The third kappa shape index (κ3) is 8.43. The first kappa shape index (κ1) is 49.8. The molecular weight excluding hydrogens is 1060 g/mol. The predicted molar refractivity (Wildman–Crippen MR) is 357 cm³/mol. The SMILES string of the molecule is c1ccc(-c2ccccc2-c2ccc3c(c2)c2cc(-c4ccccc4-c4ccccn4)ccc2n3-c2ccc3oc4ccc(-n5c6ccc(-c7ccccc7-c7ccccn7)cc6c6cc(-c7ccccc7-c7ccccn7)ccc65)cc4c3c2)nc1. The predicted octanol–water partition coefficient (Wildman–Crippen LogP) is 20.7. The average Bonchev–Trinajstić information content (AvgIpc) is 1.72. The summed E-state index contributed by atoms with van der Waals surface area (Å²) in [5.74, 6) is 0. The summed E-state index contributed by atoms with van der Waals surface area (Å²) in [6.07, 6.45) is 7.45. The normalized spacial score (nSPS) is 11.7. The second-order valence-electron chi connectivity index (χ2n) is 22.1. The minimum Gasteiger partial charge on any atom is -0.456 e. The van der Waals surface area contributed by atoms with Crippen LogP contribution in [0, 0.1) is 0 Å². The van der Waals surface area contributed by atoms with Gasteiger partial charge in [-0.2, -0.15) is 0 Å². The van der Waals surface area contributed by atoms with E-state index in [0.29, 0.717) is 0 Å². The van der Waals surface area contributed by atoms with Crippen molar-refractivity contribution < 1.29 is 4.42 Å². The first-order valence-electron chi connectivity index (χ1n) is 29.3. The Hall–Kier alpha value is -11.8. The highest BCUT2D eigenvalue weighted by molar-refractivity contribution is 6.15. The summed E-state index contributed by atoms with van der Waals surface area (Å²) < 4.78 is 11.6. The molecule has 17 aromatic rings. The van der Waals surface area contributed by atoms with Gasteiger partial charge >= 0.3 is 0 Å². The molecule has 0 saturated carbocycles. The van der Waals surface area contributed by atoms with Gasteiger partial charge in [0, 0.05) is 90.7 Å². The van der Waals surface area contributed by atoms with Crippen molar-refractivity contribution in [3.05, 3.63) is 304 Å². The van der Waals surface area contributed by atoms with Gasteiger partial charge in [0.15, 0.2) is 0 Å². The number of pyridine rings is 4. The summed E-state index contributed by atoms with van der Waals surface area (Å²) in [6.45, 7) is 0. The van der Waals surface area contributed by atoms with Crippen molar-refractivity contribution in [2.24, 2.45) is 0 Å². The van der Waals surface area contributed by atoms with Gasteiger partial charge in [0.05, 0.1) is 44.8 Å². The van der Waals surface area contributed by atoms with Crippen molar-refractivity contribution in [2.75, 3.05) is 0 Å². The number of benzene rings is 10. The fraction of sp³-hybridized carbons (Fsp3) is 0. The maximum atomic E-state index is 6.76. The molecule has 0 spiro atoms. The van der Waals surface area contributed by atoms with Gasteiger partial charge in [-0.05, 0) is 178 Å². The molecule has 7 heteroatoms. The molecule has 0 bridgehead atoms. The minimum atomic E-state index is 0.822. The molecule has 7 heterocycles. The summed E-state index contributed by atoms with van der Waals surface area (Å²) >= 11 is 0. The summed E-state index contributed by atoms with van der Waals surface area (Å²) in [5.41, 5.74) is 25.2. The Kier molecular flexibility index (Phi) is 11.7. The highest BCUT2D eigenvalue weighted by Gasteiger charge is 2.22. The van der Waals surface area contributed by atoms with Crippen molar-refractivity contribution in [1.82, 2.24) is 29.1 Å². The molecule has 17 rings (SSSR count). The Bertz CT molecular complexity index is 4890. The third-order valence-corrected chi connectivity index (χ3v) is 17.2. The van der Waals surface area contributed by atoms with Gasteiger partial charge < -0.3 is 13.6 Å². The summed E-state index contributed by atoms with van der Waals surface area (Å²) in [4.78, 5) is 19.1. The number of hydrogen-bond donors (Lipinski definition) is 0. The highest BCUT2D eigenvalue weighted by Crippen LogP contribution is 2.45. The lowest BCUT2D eigenvalue weighted by molar-refractivity contribution is 0.669. The number of fused-ring (bicyclic) bond motifs is 9. The van der Waals surface area contributed by atoms with Crippen LogP contribution in [0.15, 0.2) is 308 Å². The third-order valence-electron chi connectivity index (χ3n) is 17.2. The Morgan fingerprint density at radius 2 is 0.483 bits per heavy atom. The summed E-state index contributed by atoms with van der Waals surface area (Å²) in [7, 11) is 0. The standard InChI is InChI=1S/C80H50N6O/c1-5-21-61(71-25-9-13-41-81-71)57(17-1)51-29-35-75-65(45-51)66-46-52(58-18-2-6-22-62(58)72-26-10-14-42-82-72)30-36-76(66)85(75)55-33-39-79-69(49-55)70-50-56(34-40-80(70)87-79)86-77-37-31-53(59-19-3-7-23-63(59)73-27-11-15-43-83-73)47-67(77)68-48-54(32-38-78(68)86)60-20-4-8-24-64(60)74-28-12-16-44-84-74/h1-50H. The largest absolute Gasteiger partial charge is 0.456 e. The first-order valence-corrected chi connectivity index (χ1v) is 29.3. The summed E-state index contributed by atoms with van der Waals surface area (Å²) in [6, 6.07) is 99.5. The zero-order valence-electron chi connectivity index (χ0n) is 47.0. The quantitative estimate of drug-likeness (QED) is 0.136. The van der Waals surface area contributed by atoms with Gasteiger partial charge in [0.25, 0.3) is 0 Å². The Morgan fingerprint density at radius 3 is 0.747 bits per heavy atom. The molecule has 0 N–H and O–H groups in total. The number of furan rings is 1. The van der Waals surface area contributed by atoms with Crippen molar-refractivity contribution in [3.8, 4) is 101 Å². The fourth-order valence-corrected chi connectivity index (χ4v) is 13.2. The van der Waals surface area contributed by atoms with E-state index in [1.807, 2.05) is 73.3 Å². The molecule has 10 aromatic carbocycles. The monoisotopic (exact) mass is 1110 g/mol. The zero-order valence-corrected chi connectivity index (χ0v) is 47.0. The van der Waals surface area contributed by atoms with Crippen LogP contribution >= 0.6 is 0 Å². The molecule has 87 heavy (non-hydrogen) atoms. The molecule has 0 unspecified atom stereocenters. The van der Waals surface area contributed by atoms with E-state index in [0.717, 1.165) is 166 Å². The van der Waals surface area contributed by atoms with Gasteiger partial charge in [-0.3, -0.25) is 19.9 Å². The molecule has 0 saturated heterocycles. The van der Waals surface area contributed by atoms with E-state index in [2.05, 4.69) is 240 Å². The van der Waals surface area contributed by atoms with E-state index in [1.165, 1.54) is 0 Å². The van der Waals surface area contributed by atoms with Crippen LogP contribution in [-0.2, 0) is 0 Å². The molecule has 0 atom stereocenters. The van der Waals surface area contributed by atoms with E-state index in [-0.39, 0.29) is 0 Å². The number of hydrogen-bond acceptors (Lipinski definition) is 5. The maximum Gasteiger partial charge on any atom is 0.135 e. The van der Waals surface area contributed by atoms with Gasteiger partial charge in [-0.1, -0.05) is 146 Å². The number of nitrogens with zero attached hydrogens (tertiary/aromatic N) is 6. The van der Waals surface area contributed by atoms with Gasteiger partial charge in [0.2, 0.25) is 0 Å². The Morgan fingerprint density at radius 1 is 0.218 bits per heavy atom. The van der Waals surface area contributed by atoms with Crippen LogP contribution in [0.3, 0.4) is 0 Å². The lowest BCUT2D eigenvalue weighted by Gasteiger charge is -2.12. The highest BCUT2D eigenvalue weighted by atomic mass is 16.3. The lowest BCUT2D eigenvalue weighted by Crippen LogP contribution is -1.95. The second-order valence-corrected chi connectivity index (χ2v) is 22.1. The van der Waals surface area contributed by atoms with E-state index in [1.54, 1.807) is 0 Å². The van der Waals surface area contributed by atoms with Crippen LogP contribution in [0.2, 0.25) is 0 Å². The molecule has 0 radical (unpaired) electrons. The van der Waals surface area contributed by atoms with Gasteiger partial charge in [-0.25, -0.2) is 0 Å². The zero-order chi connectivity index (χ0) is 57.4. The maximum absolute atomic E-state index is 6.76. The van der Waals surface area contributed by atoms with E-state index < -0.39 is 0 Å². The minimum absolute atomic E-state index is 0.822. The second kappa shape index (κ2) is 20.5. The molecule has 0 aliphatic rings. The summed E-state index contributed by atoms with van der Waals surface area (Å²) in [5, 5.41) is 6.65. The molecule has 0 amide bonds. The van der Waals surface area contributed by atoms with E-state index >= 15 is 0 Å². The molecule has 7 aromatic heterocycles. The topological polar surface area (TPSA) is 74.6 Å². The van der Waals surface area contributed by atoms with Gasteiger partial charge in [0.1, 0.15) is 11.2 Å². The number of rotatable bonds is 10. The molecule has 7 nitrogen and oxygen atoms in total. The van der Waals surface area contributed by atoms with Crippen LogP contribution < -0.4 is 0 Å². The molecule has 0 fully saturated rings. The molecule has 0 aliphatic heterocycles. The van der Waals surface area contributed by atoms with Crippen LogP contribution in [0.1, 0.15) is 0 Å². The van der Waals surface area contributed by atoms with Crippen LogP contribution in [0.25, 0.3) is 166 Å². The Labute approximate surface area is 501 Å². The molecular formula is C80H50N6O. The van der Waals surface area contributed by atoms with E-state index in [4.69, 9.17) is 24.4 Å². The molecule has 406 valence electrons. The first-order chi connectivity index (χ1) is 43.1. The van der Waals surface area contributed by atoms with Crippen molar-refractivity contribution in [1.29, 1.82) is 0 Å². The van der Waals surface area contributed by atoms with Crippen molar-refractivity contribution in [2.45, 2.75) is 0 Å². The van der Waals surface area contributed by atoms with Crippen LogP contribution in [-0.4, -0.2) is 29.1 Å².